The molecule has 0 aliphatic heterocycles. The molecule has 3 nitrogen and oxygen atoms in total. The number of aliphatic hydroxyl groups is 1. The van der Waals surface area contributed by atoms with Crippen molar-refractivity contribution < 1.29 is 9.90 Å². The third-order valence-electron chi connectivity index (χ3n) is 3.79. The molecule has 3 heteroatoms. The molecule has 3 atom stereocenters. The van der Waals surface area contributed by atoms with E-state index in [2.05, 4.69) is 12.2 Å². The average Bonchev–Trinajstić information content (AvgIpc) is 2.16. The van der Waals surface area contributed by atoms with Gasteiger partial charge in [0.25, 0.3) is 0 Å². The molecule has 1 saturated carbocycles. The number of rotatable bonds is 3. The molecule has 94 valence electrons. The van der Waals surface area contributed by atoms with E-state index in [1.165, 1.54) is 0 Å². The summed E-state index contributed by atoms with van der Waals surface area (Å²) in [6, 6.07) is 0. The normalized spacial score (nSPS) is 31.2. The fourth-order valence-corrected chi connectivity index (χ4v) is 2.73. The summed E-state index contributed by atoms with van der Waals surface area (Å²) in [5.74, 6) is 0.846. The highest BCUT2D eigenvalue weighted by atomic mass is 16.3. The van der Waals surface area contributed by atoms with Crippen molar-refractivity contribution in [3.8, 4) is 0 Å². The summed E-state index contributed by atoms with van der Waals surface area (Å²) in [4.78, 5) is 11.4. The Labute approximate surface area is 98.6 Å². The number of hydrogen-bond donors (Lipinski definition) is 2. The van der Waals surface area contributed by atoms with Gasteiger partial charge in [0, 0.05) is 17.9 Å². The number of amides is 1. The molecule has 0 radical (unpaired) electrons. The molecule has 1 amide bonds. The summed E-state index contributed by atoms with van der Waals surface area (Å²) in [5.41, 5.74) is -0.299. The van der Waals surface area contributed by atoms with E-state index in [9.17, 15) is 9.90 Å². The maximum Gasteiger partial charge on any atom is 0.220 e. The van der Waals surface area contributed by atoms with Gasteiger partial charge in [-0.15, -0.1) is 0 Å². The Bertz CT molecular complexity index is 250. The predicted octanol–water partition coefficient (Wildman–Crippen LogP) is 2.09. The van der Waals surface area contributed by atoms with Gasteiger partial charge in [0.2, 0.25) is 5.91 Å². The summed E-state index contributed by atoms with van der Waals surface area (Å²) in [5, 5.41) is 13.1. The van der Waals surface area contributed by atoms with E-state index in [1.54, 1.807) is 0 Å². The van der Waals surface area contributed by atoms with Crippen molar-refractivity contribution in [3.63, 3.8) is 0 Å². The van der Waals surface area contributed by atoms with Crippen LogP contribution in [0.15, 0.2) is 0 Å². The first kappa shape index (κ1) is 13.5. The standard InChI is InChI=1S/C13H25NO2/c1-5-12(16)14-13(3,4)10-7-6-9(2)8-11(10)15/h9-11,15H,5-8H2,1-4H3,(H,14,16). The molecule has 1 fully saturated rings. The lowest BCUT2D eigenvalue weighted by Crippen LogP contribution is -2.54. The minimum absolute atomic E-state index is 0.0656. The van der Waals surface area contributed by atoms with E-state index in [0.717, 1.165) is 19.3 Å². The van der Waals surface area contributed by atoms with E-state index in [0.29, 0.717) is 12.3 Å². The van der Waals surface area contributed by atoms with E-state index < -0.39 is 0 Å². The summed E-state index contributed by atoms with van der Waals surface area (Å²) in [6.07, 6.45) is 3.22. The van der Waals surface area contributed by atoms with Crippen LogP contribution in [0.2, 0.25) is 0 Å². The minimum atomic E-state index is -0.299. The van der Waals surface area contributed by atoms with Gasteiger partial charge in [0.1, 0.15) is 0 Å². The van der Waals surface area contributed by atoms with Gasteiger partial charge in [0.05, 0.1) is 6.10 Å². The zero-order valence-corrected chi connectivity index (χ0v) is 10.9. The number of nitrogens with one attached hydrogen (secondary N) is 1. The SMILES string of the molecule is CCC(=O)NC(C)(C)C1CCC(C)CC1O. The van der Waals surface area contributed by atoms with Crippen LogP contribution in [-0.4, -0.2) is 22.7 Å². The van der Waals surface area contributed by atoms with Crippen molar-refractivity contribution in [1.82, 2.24) is 5.32 Å². The third-order valence-corrected chi connectivity index (χ3v) is 3.79. The maximum absolute atomic E-state index is 11.4. The first-order valence-corrected chi connectivity index (χ1v) is 6.36. The number of hydrogen-bond acceptors (Lipinski definition) is 2. The van der Waals surface area contributed by atoms with Crippen LogP contribution in [0.5, 0.6) is 0 Å². The number of carbonyl (C=O) groups is 1. The fraction of sp³-hybridized carbons (Fsp3) is 0.923. The Morgan fingerprint density at radius 2 is 2.06 bits per heavy atom. The quantitative estimate of drug-likeness (QED) is 0.775. The van der Waals surface area contributed by atoms with Gasteiger partial charge in [0.15, 0.2) is 0 Å². The van der Waals surface area contributed by atoms with Gasteiger partial charge in [-0.05, 0) is 32.6 Å². The Balaban J connectivity index is 2.63. The van der Waals surface area contributed by atoms with E-state index in [4.69, 9.17) is 0 Å². The Morgan fingerprint density at radius 1 is 1.44 bits per heavy atom. The van der Waals surface area contributed by atoms with Gasteiger partial charge in [-0.25, -0.2) is 0 Å². The molecule has 1 rings (SSSR count). The van der Waals surface area contributed by atoms with Crippen molar-refractivity contribution in [2.75, 3.05) is 0 Å². The fourth-order valence-electron chi connectivity index (χ4n) is 2.73. The molecule has 3 unspecified atom stereocenters. The van der Waals surface area contributed by atoms with E-state index in [-0.39, 0.29) is 23.5 Å². The van der Waals surface area contributed by atoms with Crippen LogP contribution >= 0.6 is 0 Å². The molecule has 1 aliphatic carbocycles. The molecule has 0 saturated heterocycles. The molecule has 16 heavy (non-hydrogen) atoms. The van der Waals surface area contributed by atoms with Crippen molar-refractivity contribution in [2.24, 2.45) is 11.8 Å². The first-order valence-electron chi connectivity index (χ1n) is 6.36. The van der Waals surface area contributed by atoms with Crippen molar-refractivity contribution in [2.45, 2.75) is 65.0 Å². The summed E-state index contributed by atoms with van der Waals surface area (Å²) in [7, 11) is 0. The lowest BCUT2D eigenvalue weighted by Gasteiger charge is -2.42. The van der Waals surface area contributed by atoms with Crippen LogP contribution in [-0.2, 0) is 4.79 Å². The number of carbonyl (C=O) groups excluding carboxylic acids is 1. The first-order chi connectivity index (χ1) is 7.36. The Hall–Kier alpha value is -0.570. The molecule has 0 aromatic carbocycles. The zero-order chi connectivity index (χ0) is 12.3. The molecule has 0 spiro atoms. The van der Waals surface area contributed by atoms with Crippen molar-refractivity contribution in [1.29, 1.82) is 0 Å². The van der Waals surface area contributed by atoms with E-state index >= 15 is 0 Å². The van der Waals surface area contributed by atoms with Gasteiger partial charge in [-0.2, -0.15) is 0 Å². The smallest absolute Gasteiger partial charge is 0.220 e. The second-order valence-corrected chi connectivity index (χ2v) is 5.72. The lowest BCUT2D eigenvalue weighted by molar-refractivity contribution is -0.124. The van der Waals surface area contributed by atoms with Gasteiger partial charge >= 0.3 is 0 Å². The minimum Gasteiger partial charge on any atom is -0.393 e. The van der Waals surface area contributed by atoms with Gasteiger partial charge in [-0.3, -0.25) is 4.79 Å². The van der Waals surface area contributed by atoms with Crippen molar-refractivity contribution >= 4 is 5.91 Å². The van der Waals surface area contributed by atoms with E-state index in [1.807, 2.05) is 20.8 Å². The second-order valence-electron chi connectivity index (χ2n) is 5.72. The van der Waals surface area contributed by atoms with Gasteiger partial charge < -0.3 is 10.4 Å². The monoisotopic (exact) mass is 227 g/mol. The van der Waals surface area contributed by atoms with Gasteiger partial charge in [-0.1, -0.05) is 20.3 Å². The highest BCUT2D eigenvalue weighted by molar-refractivity contribution is 5.76. The second kappa shape index (κ2) is 5.17. The summed E-state index contributed by atoms with van der Waals surface area (Å²) >= 11 is 0. The maximum atomic E-state index is 11.4. The average molecular weight is 227 g/mol. The third kappa shape index (κ3) is 3.21. The molecule has 0 aromatic rings. The summed E-state index contributed by atoms with van der Waals surface area (Å²) in [6.45, 7) is 8.07. The molecular weight excluding hydrogens is 202 g/mol. The molecule has 0 bridgehead atoms. The highest BCUT2D eigenvalue weighted by Crippen LogP contribution is 2.35. The van der Waals surface area contributed by atoms with Crippen LogP contribution in [0.4, 0.5) is 0 Å². The number of aliphatic hydroxyl groups excluding tert-OH is 1. The lowest BCUT2D eigenvalue weighted by atomic mass is 9.72. The molecular formula is C13H25NO2. The Kier molecular flexibility index (Phi) is 4.36. The highest BCUT2D eigenvalue weighted by Gasteiger charge is 2.38. The van der Waals surface area contributed by atoms with Crippen LogP contribution in [0.1, 0.15) is 53.4 Å². The van der Waals surface area contributed by atoms with Crippen LogP contribution in [0, 0.1) is 11.8 Å². The molecule has 1 aliphatic rings. The van der Waals surface area contributed by atoms with Crippen molar-refractivity contribution in [3.05, 3.63) is 0 Å². The molecule has 0 heterocycles. The molecule has 0 aromatic heterocycles. The van der Waals surface area contributed by atoms with Crippen LogP contribution in [0.3, 0.4) is 0 Å². The summed E-state index contributed by atoms with van der Waals surface area (Å²) < 4.78 is 0. The zero-order valence-electron chi connectivity index (χ0n) is 10.9. The Morgan fingerprint density at radius 3 is 2.56 bits per heavy atom. The molecule has 2 N–H and O–H groups in total. The topological polar surface area (TPSA) is 49.3 Å². The van der Waals surface area contributed by atoms with Crippen LogP contribution in [0.25, 0.3) is 0 Å². The van der Waals surface area contributed by atoms with Crippen LogP contribution < -0.4 is 5.32 Å². The largest absolute Gasteiger partial charge is 0.393 e. The predicted molar refractivity (Wildman–Crippen MR) is 65.0 cm³/mol.